The summed E-state index contributed by atoms with van der Waals surface area (Å²) in [6.45, 7) is 4.47. The largest absolute Gasteiger partial charge is 0.331 e. The van der Waals surface area contributed by atoms with Gasteiger partial charge in [0.1, 0.15) is 5.00 Å². The number of fused-ring (bicyclic) bond motifs is 1. The number of hydrogen-bond acceptors (Lipinski definition) is 7. The van der Waals surface area contributed by atoms with E-state index in [1.54, 1.807) is 44.4 Å². The Morgan fingerprint density at radius 2 is 1.65 bits per heavy atom. The smallest absolute Gasteiger partial charge is 0.323 e. The number of thiophene rings is 1. The topological polar surface area (TPSA) is 119 Å². The van der Waals surface area contributed by atoms with E-state index < -0.39 is 27.9 Å². The Bertz CT molecular complexity index is 1500. The van der Waals surface area contributed by atoms with Crippen LogP contribution in [0.5, 0.6) is 0 Å². The Morgan fingerprint density at radius 1 is 0.975 bits per heavy atom. The third-order valence-electron chi connectivity index (χ3n) is 6.65. The Hall–Kier alpha value is -3.74. The predicted molar refractivity (Wildman–Crippen MR) is 157 cm³/mol. The van der Waals surface area contributed by atoms with Crippen LogP contribution in [0.4, 0.5) is 15.5 Å². The number of benzene rings is 2. The van der Waals surface area contributed by atoms with Crippen LogP contribution < -0.4 is 14.9 Å². The van der Waals surface area contributed by atoms with Crippen LogP contribution in [0.25, 0.3) is 0 Å². The van der Waals surface area contributed by atoms with Gasteiger partial charge in [-0.25, -0.2) is 13.2 Å². The third kappa shape index (κ3) is 6.19. The molecule has 1 aliphatic heterocycles. The highest BCUT2D eigenvalue weighted by Gasteiger charge is 2.30. The van der Waals surface area contributed by atoms with Crippen LogP contribution in [-0.4, -0.2) is 70.3 Å². The Morgan fingerprint density at radius 3 is 2.27 bits per heavy atom. The molecule has 12 heteroatoms. The molecule has 4 rings (SSSR count). The monoisotopic (exact) mass is 583 g/mol. The fraction of sp³-hybridized carbons (Fsp3) is 0.321. The number of sulfonamides is 1. The van der Waals surface area contributed by atoms with Crippen LogP contribution in [0.3, 0.4) is 0 Å². The normalized spacial score (nSPS) is 13.3. The number of nitrogens with zero attached hydrogens (tertiary/aromatic N) is 3. The molecule has 0 radical (unpaired) electrons. The van der Waals surface area contributed by atoms with E-state index in [9.17, 15) is 22.8 Å². The molecule has 4 amide bonds. The molecule has 2 aromatic carbocycles. The van der Waals surface area contributed by atoms with E-state index in [-0.39, 0.29) is 10.5 Å². The van der Waals surface area contributed by atoms with Gasteiger partial charge in [0, 0.05) is 44.7 Å². The van der Waals surface area contributed by atoms with Crippen LogP contribution >= 0.6 is 11.3 Å². The minimum Gasteiger partial charge on any atom is -0.331 e. The van der Waals surface area contributed by atoms with Crippen molar-refractivity contribution in [3.05, 3.63) is 76.2 Å². The second kappa shape index (κ2) is 12.2. The molecule has 2 N–H and O–H groups in total. The first-order valence-corrected chi connectivity index (χ1v) is 15.1. The standard InChI is InChI=1S/C28H33N5O5S2/c1-5-16-33-17-15-22-23(18-33)39-27(24(22)26(35)30-28(36)31(2)3)29-25(34)19-11-13-21(14-12-19)40(37,38)32(4)20-9-7-6-8-10-20/h6-14H,5,15-18H2,1-4H3,(H,29,34)(H,30,35,36). The molecule has 1 aliphatic rings. The van der Waals surface area contributed by atoms with Crippen molar-refractivity contribution in [2.24, 2.45) is 0 Å². The van der Waals surface area contributed by atoms with Crippen molar-refractivity contribution in [2.45, 2.75) is 31.2 Å². The van der Waals surface area contributed by atoms with E-state index in [1.165, 1.54) is 51.9 Å². The van der Waals surface area contributed by atoms with Crippen LogP contribution in [0.15, 0.2) is 59.5 Å². The molecule has 1 aromatic heterocycles. The number of rotatable bonds is 8. The first kappa shape index (κ1) is 29.2. The summed E-state index contributed by atoms with van der Waals surface area (Å²) in [4.78, 5) is 43.2. The molecular weight excluding hydrogens is 550 g/mol. The number of urea groups is 1. The minimum atomic E-state index is -3.83. The maximum absolute atomic E-state index is 13.2. The van der Waals surface area contributed by atoms with Crippen molar-refractivity contribution in [3.63, 3.8) is 0 Å². The molecule has 0 unspecified atom stereocenters. The summed E-state index contributed by atoms with van der Waals surface area (Å²) in [5, 5.41) is 5.58. The number of nitrogens with one attached hydrogen (secondary N) is 2. The van der Waals surface area contributed by atoms with Crippen LogP contribution in [-0.2, 0) is 23.0 Å². The first-order valence-electron chi connectivity index (χ1n) is 12.9. The van der Waals surface area contributed by atoms with Crippen molar-refractivity contribution >= 4 is 49.9 Å². The van der Waals surface area contributed by atoms with Gasteiger partial charge in [0.2, 0.25) is 0 Å². The van der Waals surface area contributed by atoms with Gasteiger partial charge >= 0.3 is 6.03 Å². The number of carbonyl (C=O) groups is 3. The summed E-state index contributed by atoms with van der Waals surface area (Å²) in [6, 6.07) is 13.8. The van der Waals surface area contributed by atoms with Gasteiger partial charge in [-0.15, -0.1) is 11.3 Å². The summed E-state index contributed by atoms with van der Waals surface area (Å²) < 4.78 is 27.4. The van der Waals surface area contributed by atoms with Crippen molar-refractivity contribution in [2.75, 3.05) is 43.9 Å². The van der Waals surface area contributed by atoms with Crippen LogP contribution in [0.2, 0.25) is 0 Å². The maximum Gasteiger partial charge on any atom is 0.323 e. The Kier molecular flexibility index (Phi) is 8.92. The van der Waals surface area contributed by atoms with Gasteiger partial charge in [-0.1, -0.05) is 25.1 Å². The quantitative estimate of drug-likeness (QED) is 0.414. The summed E-state index contributed by atoms with van der Waals surface area (Å²) in [6.07, 6.45) is 1.63. The van der Waals surface area contributed by atoms with Gasteiger partial charge in [-0.05, 0) is 61.3 Å². The minimum absolute atomic E-state index is 0.0419. The van der Waals surface area contributed by atoms with E-state index in [0.717, 1.165) is 30.0 Å². The summed E-state index contributed by atoms with van der Waals surface area (Å²) in [7, 11) is 0.720. The molecule has 2 heterocycles. The lowest BCUT2D eigenvalue weighted by atomic mass is 10.0. The molecule has 0 saturated carbocycles. The molecule has 10 nitrogen and oxygen atoms in total. The zero-order chi connectivity index (χ0) is 29.0. The molecule has 0 spiro atoms. The van der Waals surface area contributed by atoms with Gasteiger partial charge < -0.3 is 10.2 Å². The van der Waals surface area contributed by atoms with Crippen LogP contribution in [0, 0.1) is 0 Å². The summed E-state index contributed by atoms with van der Waals surface area (Å²) in [5.74, 6) is -1.06. The van der Waals surface area contributed by atoms with Gasteiger partial charge in [0.05, 0.1) is 16.1 Å². The molecule has 0 atom stereocenters. The maximum atomic E-state index is 13.2. The lowest BCUT2D eigenvalue weighted by Crippen LogP contribution is -2.39. The zero-order valence-electron chi connectivity index (χ0n) is 22.9. The molecule has 0 bridgehead atoms. The highest BCUT2D eigenvalue weighted by atomic mass is 32.2. The lowest BCUT2D eigenvalue weighted by molar-refractivity contribution is 0.0956. The first-order chi connectivity index (χ1) is 19.0. The van der Waals surface area contributed by atoms with E-state index in [4.69, 9.17) is 0 Å². The molecule has 0 aliphatic carbocycles. The molecule has 3 aromatic rings. The van der Waals surface area contributed by atoms with Gasteiger partial charge in [0.25, 0.3) is 21.8 Å². The number of amides is 4. The molecule has 0 saturated heterocycles. The van der Waals surface area contributed by atoms with Crippen molar-refractivity contribution < 1.29 is 22.8 Å². The number of hydrogen-bond donors (Lipinski definition) is 2. The summed E-state index contributed by atoms with van der Waals surface area (Å²) in [5.41, 5.74) is 1.88. The number of carbonyl (C=O) groups excluding carboxylic acids is 3. The van der Waals surface area contributed by atoms with Crippen molar-refractivity contribution in [1.29, 1.82) is 0 Å². The Balaban J connectivity index is 1.58. The molecule has 0 fully saturated rings. The fourth-order valence-electron chi connectivity index (χ4n) is 4.45. The zero-order valence-corrected chi connectivity index (χ0v) is 24.6. The highest BCUT2D eigenvalue weighted by Crippen LogP contribution is 2.37. The lowest BCUT2D eigenvalue weighted by Gasteiger charge is -2.26. The average Bonchev–Trinajstić information content (AvgIpc) is 3.30. The van der Waals surface area contributed by atoms with Crippen molar-refractivity contribution in [3.8, 4) is 0 Å². The fourth-order valence-corrected chi connectivity index (χ4v) is 6.93. The van der Waals surface area contributed by atoms with E-state index in [0.29, 0.717) is 29.2 Å². The second-order valence-corrected chi connectivity index (χ2v) is 12.7. The van der Waals surface area contributed by atoms with Gasteiger partial charge in [-0.3, -0.25) is 24.1 Å². The average molecular weight is 584 g/mol. The summed E-state index contributed by atoms with van der Waals surface area (Å²) >= 11 is 1.33. The van der Waals surface area contributed by atoms with Gasteiger partial charge in [0.15, 0.2) is 0 Å². The van der Waals surface area contributed by atoms with Gasteiger partial charge in [-0.2, -0.15) is 0 Å². The number of imide groups is 1. The number of para-hydroxylation sites is 1. The van der Waals surface area contributed by atoms with E-state index in [2.05, 4.69) is 22.5 Å². The highest BCUT2D eigenvalue weighted by molar-refractivity contribution is 7.92. The molecule has 40 heavy (non-hydrogen) atoms. The van der Waals surface area contributed by atoms with E-state index >= 15 is 0 Å². The predicted octanol–water partition coefficient (Wildman–Crippen LogP) is 4.01. The second-order valence-electron chi connectivity index (χ2n) is 9.67. The number of anilines is 2. The molecule has 212 valence electrons. The van der Waals surface area contributed by atoms with Crippen LogP contribution in [0.1, 0.15) is 44.5 Å². The van der Waals surface area contributed by atoms with E-state index in [1.807, 2.05) is 0 Å². The SMILES string of the molecule is CCCN1CCc2c(sc(NC(=O)c3ccc(S(=O)(=O)N(C)c4ccccc4)cc3)c2C(=O)NC(=O)N(C)C)C1. The third-order valence-corrected chi connectivity index (χ3v) is 9.58. The van der Waals surface area contributed by atoms with Crippen molar-refractivity contribution in [1.82, 2.24) is 15.1 Å². The molecular formula is C28H33N5O5S2. The Labute approximate surface area is 238 Å².